The number of halogens is 2. The first kappa shape index (κ1) is 21.5. The maximum absolute atomic E-state index is 12.3. The van der Waals surface area contributed by atoms with Gasteiger partial charge in [-0.15, -0.1) is 0 Å². The van der Waals surface area contributed by atoms with Gasteiger partial charge in [-0.1, -0.05) is 35.3 Å². The molecule has 0 amide bonds. The molecule has 2 aromatic rings. The van der Waals surface area contributed by atoms with Gasteiger partial charge in [-0.05, 0) is 49.2 Å². The zero-order valence-electron chi connectivity index (χ0n) is 14.6. The van der Waals surface area contributed by atoms with E-state index < -0.39 is 16.0 Å². The summed E-state index contributed by atoms with van der Waals surface area (Å²) in [6.45, 7) is 2.02. The number of hydrogen-bond acceptors (Lipinski definition) is 5. The summed E-state index contributed by atoms with van der Waals surface area (Å²) in [7, 11) is -3.69. The molecule has 0 saturated heterocycles. The van der Waals surface area contributed by atoms with Crippen LogP contribution in [0.3, 0.4) is 0 Å². The maximum atomic E-state index is 12.3. The van der Waals surface area contributed by atoms with Gasteiger partial charge in [0.05, 0.1) is 21.5 Å². The summed E-state index contributed by atoms with van der Waals surface area (Å²) in [5.41, 5.74) is 0.855. The molecule has 2 aromatic carbocycles. The van der Waals surface area contributed by atoms with Crippen molar-refractivity contribution in [2.75, 3.05) is 19.8 Å². The molecule has 6 nitrogen and oxygen atoms in total. The van der Waals surface area contributed by atoms with Crippen molar-refractivity contribution >= 4 is 39.2 Å². The Morgan fingerprint density at radius 1 is 1.11 bits per heavy atom. The summed E-state index contributed by atoms with van der Waals surface area (Å²) in [5, 5.41) is 0.459. The zero-order valence-corrected chi connectivity index (χ0v) is 16.9. The fourth-order valence-electron chi connectivity index (χ4n) is 2.19. The topological polar surface area (TPSA) is 81.7 Å². The lowest BCUT2D eigenvalue weighted by atomic mass is 10.1. The van der Waals surface area contributed by atoms with Crippen LogP contribution < -0.4 is 9.46 Å². The van der Waals surface area contributed by atoms with Crippen LogP contribution >= 0.6 is 23.2 Å². The fraction of sp³-hybridized carbons (Fsp3) is 0.278. The molecule has 0 aliphatic carbocycles. The van der Waals surface area contributed by atoms with E-state index in [-0.39, 0.29) is 28.1 Å². The molecule has 9 heteroatoms. The van der Waals surface area contributed by atoms with E-state index in [0.29, 0.717) is 18.8 Å². The highest BCUT2D eigenvalue weighted by Crippen LogP contribution is 2.24. The lowest BCUT2D eigenvalue weighted by Gasteiger charge is -2.09. The molecule has 0 aliphatic rings. The van der Waals surface area contributed by atoms with Crippen LogP contribution in [0.1, 0.15) is 12.5 Å². The molecule has 27 heavy (non-hydrogen) atoms. The fourth-order valence-corrected chi connectivity index (χ4v) is 3.61. The van der Waals surface area contributed by atoms with Gasteiger partial charge in [0.2, 0.25) is 10.0 Å². The van der Waals surface area contributed by atoms with Gasteiger partial charge in [0.15, 0.2) is 6.61 Å². The summed E-state index contributed by atoms with van der Waals surface area (Å²) < 4.78 is 37.3. The van der Waals surface area contributed by atoms with Crippen LogP contribution in [0.25, 0.3) is 0 Å². The second-order valence-electron chi connectivity index (χ2n) is 5.46. The highest BCUT2D eigenvalue weighted by molar-refractivity contribution is 7.89. The minimum atomic E-state index is -3.69. The van der Waals surface area contributed by atoms with E-state index in [1.54, 1.807) is 25.1 Å². The van der Waals surface area contributed by atoms with Gasteiger partial charge in [0.25, 0.3) is 0 Å². The predicted molar refractivity (Wildman–Crippen MR) is 104 cm³/mol. The van der Waals surface area contributed by atoms with Crippen molar-refractivity contribution in [3.05, 3.63) is 58.1 Å². The Kier molecular flexibility index (Phi) is 7.91. The molecule has 0 spiro atoms. The molecular formula is C18H19Cl2NO5S. The van der Waals surface area contributed by atoms with E-state index in [4.69, 9.17) is 32.7 Å². The van der Waals surface area contributed by atoms with Crippen molar-refractivity contribution in [3.8, 4) is 5.75 Å². The van der Waals surface area contributed by atoms with E-state index in [9.17, 15) is 13.2 Å². The van der Waals surface area contributed by atoms with Gasteiger partial charge < -0.3 is 9.47 Å². The first-order valence-electron chi connectivity index (χ1n) is 8.14. The number of benzene rings is 2. The quantitative estimate of drug-likeness (QED) is 0.614. The average Bonchev–Trinajstić information content (AvgIpc) is 2.63. The number of nitrogens with one attached hydrogen (secondary N) is 1. The van der Waals surface area contributed by atoms with Crippen molar-refractivity contribution in [1.82, 2.24) is 4.72 Å². The highest BCUT2D eigenvalue weighted by Gasteiger charge is 2.15. The third-order valence-electron chi connectivity index (χ3n) is 3.47. The summed E-state index contributed by atoms with van der Waals surface area (Å²) in [6, 6.07) is 11.2. The van der Waals surface area contributed by atoms with Gasteiger partial charge in [-0.3, -0.25) is 0 Å². The number of sulfonamides is 1. The summed E-state index contributed by atoms with van der Waals surface area (Å²) in [6.07, 6.45) is 0.442. The van der Waals surface area contributed by atoms with Crippen LogP contribution in [0, 0.1) is 0 Å². The van der Waals surface area contributed by atoms with Crippen molar-refractivity contribution in [2.24, 2.45) is 0 Å². The number of esters is 1. The van der Waals surface area contributed by atoms with Crippen molar-refractivity contribution in [3.63, 3.8) is 0 Å². The molecule has 2 rings (SSSR count). The minimum absolute atomic E-state index is 0.0448. The molecule has 0 saturated carbocycles. The van der Waals surface area contributed by atoms with E-state index in [1.807, 2.05) is 6.07 Å². The third kappa shape index (κ3) is 6.70. The van der Waals surface area contributed by atoms with Crippen molar-refractivity contribution < 1.29 is 22.7 Å². The van der Waals surface area contributed by atoms with Gasteiger partial charge in [0, 0.05) is 6.54 Å². The number of rotatable bonds is 9. The molecule has 0 atom stereocenters. The van der Waals surface area contributed by atoms with E-state index >= 15 is 0 Å². The Labute approximate surface area is 168 Å². The molecule has 0 heterocycles. The Hall–Kier alpha value is -1.80. The maximum Gasteiger partial charge on any atom is 0.344 e. The van der Waals surface area contributed by atoms with Crippen LogP contribution in [0.2, 0.25) is 10.0 Å². The smallest absolute Gasteiger partial charge is 0.344 e. The van der Waals surface area contributed by atoms with E-state index in [1.165, 1.54) is 18.2 Å². The number of hydrogen-bond donors (Lipinski definition) is 1. The Balaban J connectivity index is 1.91. The molecule has 1 N–H and O–H groups in total. The van der Waals surface area contributed by atoms with Crippen LogP contribution in [-0.2, 0) is 26.0 Å². The first-order chi connectivity index (χ1) is 12.8. The molecule has 0 bridgehead atoms. The molecule has 0 fully saturated rings. The highest BCUT2D eigenvalue weighted by atomic mass is 35.5. The molecular weight excluding hydrogens is 413 g/mol. The number of carbonyl (C=O) groups is 1. The van der Waals surface area contributed by atoms with Crippen molar-refractivity contribution in [1.29, 1.82) is 0 Å². The lowest BCUT2D eigenvalue weighted by Crippen LogP contribution is -2.26. The van der Waals surface area contributed by atoms with Crippen LogP contribution in [0.5, 0.6) is 5.75 Å². The third-order valence-corrected chi connectivity index (χ3v) is 5.67. The molecule has 0 radical (unpaired) electrons. The summed E-state index contributed by atoms with van der Waals surface area (Å²) in [5.74, 6) is 0.0604. The standard InChI is InChI=1S/C18H19Cl2NO5S/c1-2-25-18(22)12-26-14-5-3-4-13(10-14)8-9-21-27(23,24)15-6-7-16(19)17(20)11-15/h3-7,10-11,21H,2,8-9,12H2,1H3. The lowest BCUT2D eigenvalue weighted by molar-refractivity contribution is -0.145. The van der Waals surface area contributed by atoms with E-state index in [0.717, 1.165) is 5.56 Å². The minimum Gasteiger partial charge on any atom is -0.482 e. The normalized spacial score (nSPS) is 11.2. The number of carbonyl (C=O) groups excluding carboxylic acids is 1. The van der Waals surface area contributed by atoms with Gasteiger partial charge in [-0.2, -0.15) is 0 Å². The van der Waals surface area contributed by atoms with Gasteiger partial charge in [0.1, 0.15) is 5.75 Å². The van der Waals surface area contributed by atoms with Crippen LogP contribution in [0.4, 0.5) is 0 Å². The zero-order chi connectivity index (χ0) is 19.9. The Morgan fingerprint density at radius 3 is 2.59 bits per heavy atom. The van der Waals surface area contributed by atoms with Gasteiger partial charge in [-0.25, -0.2) is 17.9 Å². The Morgan fingerprint density at radius 2 is 1.89 bits per heavy atom. The molecule has 0 unspecified atom stereocenters. The van der Waals surface area contributed by atoms with Crippen molar-refractivity contribution in [2.45, 2.75) is 18.2 Å². The van der Waals surface area contributed by atoms with E-state index in [2.05, 4.69) is 4.72 Å². The average molecular weight is 432 g/mol. The van der Waals surface area contributed by atoms with Gasteiger partial charge >= 0.3 is 5.97 Å². The second kappa shape index (κ2) is 9.94. The molecule has 146 valence electrons. The number of ether oxygens (including phenoxy) is 2. The molecule has 0 aliphatic heterocycles. The summed E-state index contributed by atoms with van der Waals surface area (Å²) >= 11 is 11.7. The SMILES string of the molecule is CCOC(=O)COc1cccc(CCNS(=O)(=O)c2ccc(Cl)c(Cl)c2)c1. The van der Waals surface area contributed by atoms with Crippen LogP contribution in [0.15, 0.2) is 47.4 Å². The monoisotopic (exact) mass is 431 g/mol. The second-order valence-corrected chi connectivity index (χ2v) is 8.05. The summed E-state index contributed by atoms with van der Waals surface area (Å²) in [4.78, 5) is 11.4. The Bertz CT molecular complexity index is 902. The van der Waals surface area contributed by atoms with Crippen LogP contribution in [-0.4, -0.2) is 34.1 Å². The first-order valence-corrected chi connectivity index (χ1v) is 10.4. The largest absolute Gasteiger partial charge is 0.482 e. The predicted octanol–water partition coefficient (Wildman–Crippen LogP) is 3.46. The molecule has 0 aromatic heterocycles.